The highest BCUT2D eigenvalue weighted by molar-refractivity contribution is 5.91. The molecule has 22 heavy (non-hydrogen) atoms. The first-order valence-corrected chi connectivity index (χ1v) is 7.70. The van der Waals surface area contributed by atoms with E-state index in [2.05, 4.69) is 19.2 Å². The first kappa shape index (κ1) is 16.1. The van der Waals surface area contributed by atoms with Gasteiger partial charge in [-0.25, -0.2) is 0 Å². The number of carbonyl (C=O) groups is 1. The molecule has 1 amide bonds. The molecule has 2 aromatic rings. The molecule has 0 aromatic heterocycles. The van der Waals surface area contributed by atoms with Crippen molar-refractivity contribution in [3.05, 3.63) is 60.2 Å². The Morgan fingerprint density at radius 2 is 1.86 bits per heavy atom. The Labute approximate surface area is 132 Å². The Balaban J connectivity index is 1.84. The van der Waals surface area contributed by atoms with Gasteiger partial charge in [0.25, 0.3) is 0 Å². The molecule has 0 radical (unpaired) electrons. The van der Waals surface area contributed by atoms with Crippen LogP contribution in [0.1, 0.15) is 25.8 Å². The van der Waals surface area contributed by atoms with Crippen molar-refractivity contribution in [2.75, 3.05) is 11.9 Å². The van der Waals surface area contributed by atoms with Crippen LogP contribution in [0.5, 0.6) is 5.75 Å². The summed E-state index contributed by atoms with van der Waals surface area (Å²) in [6.07, 6.45) is 1.22. The SMILES string of the molecule is CC(C)COc1cccc(NC(=O)CCc2ccccc2)c1. The van der Waals surface area contributed by atoms with E-state index in [1.165, 1.54) is 5.56 Å². The highest BCUT2D eigenvalue weighted by Crippen LogP contribution is 2.18. The third-order valence-electron chi connectivity index (χ3n) is 3.18. The van der Waals surface area contributed by atoms with Gasteiger partial charge < -0.3 is 10.1 Å². The Morgan fingerprint density at radius 3 is 2.59 bits per heavy atom. The van der Waals surface area contributed by atoms with E-state index < -0.39 is 0 Å². The van der Waals surface area contributed by atoms with Gasteiger partial charge in [-0.2, -0.15) is 0 Å². The Hall–Kier alpha value is -2.29. The number of hydrogen-bond acceptors (Lipinski definition) is 2. The standard InChI is InChI=1S/C19H23NO2/c1-15(2)14-22-18-10-6-9-17(13-18)20-19(21)12-11-16-7-4-3-5-8-16/h3-10,13,15H,11-12,14H2,1-2H3,(H,20,21). The molecule has 3 heteroatoms. The molecule has 0 saturated heterocycles. The van der Waals surface area contributed by atoms with Gasteiger partial charge in [-0.1, -0.05) is 50.2 Å². The Kier molecular flexibility index (Phi) is 6.01. The molecule has 0 bridgehead atoms. The zero-order chi connectivity index (χ0) is 15.8. The first-order chi connectivity index (χ1) is 10.6. The average molecular weight is 297 g/mol. The molecule has 0 aliphatic heterocycles. The first-order valence-electron chi connectivity index (χ1n) is 7.70. The number of aryl methyl sites for hydroxylation is 1. The van der Waals surface area contributed by atoms with Gasteiger partial charge in [0.05, 0.1) is 6.61 Å². The molecule has 1 N–H and O–H groups in total. The van der Waals surface area contributed by atoms with E-state index in [1.54, 1.807) is 0 Å². The highest BCUT2D eigenvalue weighted by atomic mass is 16.5. The quantitative estimate of drug-likeness (QED) is 0.827. The molecule has 2 rings (SSSR count). The Bertz CT molecular complexity index is 593. The molecular formula is C19H23NO2. The monoisotopic (exact) mass is 297 g/mol. The molecule has 0 heterocycles. The second-order valence-electron chi connectivity index (χ2n) is 5.77. The van der Waals surface area contributed by atoms with Gasteiger partial charge in [-0.15, -0.1) is 0 Å². The fourth-order valence-electron chi connectivity index (χ4n) is 2.05. The number of benzene rings is 2. The van der Waals surface area contributed by atoms with Crippen LogP contribution in [0.25, 0.3) is 0 Å². The zero-order valence-electron chi connectivity index (χ0n) is 13.2. The van der Waals surface area contributed by atoms with Crippen molar-refractivity contribution < 1.29 is 9.53 Å². The lowest BCUT2D eigenvalue weighted by molar-refractivity contribution is -0.116. The second-order valence-corrected chi connectivity index (χ2v) is 5.77. The summed E-state index contributed by atoms with van der Waals surface area (Å²) < 4.78 is 5.67. The normalized spacial score (nSPS) is 10.5. The van der Waals surface area contributed by atoms with Gasteiger partial charge in [0, 0.05) is 18.2 Å². The maximum Gasteiger partial charge on any atom is 0.224 e. The van der Waals surface area contributed by atoms with Crippen LogP contribution in [-0.4, -0.2) is 12.5 Å². The predicted molar refractivity (Wildman–Crippen MR) is 90.2 cm³/mol. The molecule has 2 aromatic carbocycles. The summed E-state index contributed by atoms with van der Waals surface area (Å²) in [6, 6.07) is 17.6. The summed E-state index contributed by atoms with van der Waals surface area (Å²) in [5.41, 5.74) is 1.95. The van der Waals surface area contributed by atoms with Crippen LogP contribution in [0, 0.1) is 5.92 Å². The van der Waals surface area contributed by atoms with Gasteiger partial charge >= 0.3 is 0 Å². The third kappa shape index (κ3) is 5.60. The average Bonchev–Trinajstić information content (AvgIpc) is 2.52. The minimum atomic E-state index is 0.0184. The number of ether oxygens (including phenoxy) is 1. The molecule has 3 nitrogen and oxygen atoms in total. The maximum atomic E-state index is 12.0. The van der Waals surface area contributed by atoms with Crippen molar-refractivity contribution in [1.29, 1.82) is 0 Å². The molecule has 0 unspecified atom stereocenters. The van der Waals surface area contributed by atoms with Crippen LogP contribution in [0.4, 0.5) is 5.69 Å². The van der Waals surface area contributed by atoms with Gasteiger partial charge in [0.15, 0.2) is 0 Å². The highest BCUT2D eigenvalue weighted by Gasteiger charge is 2.04. The van der Waals surface area contributed by atoms with Crippen molar-refractivity contribution in [3.8, 4) is 5.75 Å². The van der Waals surface area contributed by atoms with Crippen molar-refractivity contribution in [2.24, 2.45) is 5.92 Å². The summed E-state index contributed by atoms with van der Waals surface area (Å²) >= 11 is 0. The molecule has 116 valence electrons. The molecular weight excluding hydrogens is 274 g/mol. The number of nitrogens with one attached hydrogen (secondary N) is 1. The van der Waals surface area contributed by atoms with Crippen LogP contribution >= 0.6 is 0 Å². The molecule has 0 spiro atoms. The van der Waals surface area contributed by atoms with Crippen LogP contribution in [0.2, 0.25) is 0 Å². The van der Waals surface area contributed by atoms with Gasteiger partial charge in [0.2, 0.25) is 5.91 Å². The van der Waals surface area contributed by atoms with E-state index in [4.69, 9.17) is 4.74 Å². The summed E-state index contributed by atoms with van der Waals surface area (Å²) in [7, 11) is 0. The lowest BCUT2D eigenvalue weighted by Crippen LogP contribution is -2.12. The van der Waals surface area contributed by atoms with E-state index in [0.717, 1.165) is 17.9 Å². The second kappa shape index (κ2) is 8.23. The maximum absolute atomic E-state index is 12.0. The van der Waals surface area contributed by atoms with E-state index in [0.29, 0.717) is 18.9 Å². The van der Waals surface area contributed by atoms with E-state index >= 15 is 0 Å². The van der Waals surface area contributed by atoms with Crippen molar-refractivity contribution in [2.45, 2.75) is 26.7 Å². The number of rotatable bonds is 7. The minimum Gasteiger partial charge on any atom is -0.493 e. The fraction of sp³-hybridized carbons (Fsp3) is 0.316. The predicted octanol–water partition coefficient (Wildman–Crippen LogP) is 4.29. The summed E-state index contributed by atoms with van der Waals surface area (Å²) in [5.74, 6) is 1.28. The summed E-state index contributed by atoms with van der Waals surface area (Å²) in [4.78, 5) is 12.0. The lowest BCUT2D eigenvalue weighted by Gasteiger charge is -2.10. The molecule has 0 atom stereocenters. The van der Waals surface area contributed by atoms with E-state index in [1.807, 2.05) is 54.6 Å². The molecule has 0 saturated carbocycles. The number of hydrogen-bond donors (Lipinski definition) is 1. The van der Waals surface area contributed by atoms with Crippen molar-refractivity contribution in [1.82, 2.24) is 0 Å². The van der Waals surface area contributed by atoms with Crippen LogP contribution < -0.4 is 10.1 Å². The summed E-state index contributed by atoms with van der Waals surface area (Å²) in [5, 5.41) is 2.92. The van der Waals surface area contributed by atoms with Crippen molar-refractivity contribution >= 4 is 11.6 Å². The van der Waals surface area contributed by atoms with Crippen LogP contribution in [0.3, 0.4) is 0 Å². The molecule has 0 aliphatic carbocycles. The van der Waals surface area contributed by atoms with Crippen LogP contribution in [-0.2, 0) is 11.2 Å². The molecule has 0 aliphatic rings. The van der Waals surface area contributed by atoms with Gasteiger partial charge in [-0.3, -0.25) is 4.79 Å². The van der Waals surface area contributed by atoms with Crippen molar-refractivity contribution in [3.63, 3.8) is 0 Å². The van der Waals surface area contributed by atoms with Crippen LogP contribution in [0.15, 0.2) is 54.6 Å². The largest absolute Gasteiger partial charge is 0.493 e. The van der Waals surface area contributed by atoms with E-state index in [-0.39, 0.29) is 5.91 Å². The third-order valence-corrected chi connectivity index (χ3v) is 3.18. The van der Waals surface area contributed by atoms with Gasteiger partial charge in [0.1, 0.15) is 5.75 Å². The smallest absolute Gasteiger partial charge is 0.224 e. The van der Waals surface area contributed by atoms with E-state index in [9.17, 15) is 4.79 Å². The fourth-order valence-corrected chi connectivity index (χ4v) is 2.05. The number of amides is 1. The van der Waals surface area contributed by atoms with Gasteiger partial charge in [-0.05, 0) is 30.0 Å². The zero-order valence-corrected chi connectivity index (χ0v) is 13.2. The number of anilines is 1. The minimum absolute atomic E-state index is 0.0184. The summed E-state index contributed by atoms with van der Waals surface area (Å²) in [6.45, 7) is 4.88. The topological polar surface area (TPSA) is 38.3 Å². The molecule has 0 fully saturated rings. The lowest BCUT2D eigenvalue weighted by atomic mass is 10.1. The number of carbonyl (C=O) groups excluding carboxylic acids is 1. The Morgan fingerprint density at radius 1 is 1.09 bits per heavy atom.